The highest BCUT2D eigenvalue weighted by atomic mass is 16.6. The highest BCUT2D eigenvalue weighted by molar-refractivity contribution is 5.48. The summed E-state index contributed by atoms with van der Waals surface area (Å²) in [5, 5.41) is 13.7. The lowest BCUT2D eigenvalue weighted by Gasteiger charge is -2.09. The van der Waals surface area contributed by atoms with Gasteiger partial charge in [0.1, 0.15) is 11.5 Å². The van der Waals surface area contributed by atoms with E-state index in [1.54, 1.807) is 13.0 Å². The van der Waals surface area contributed by atoms with Crippen molar-refractivity contribution in [3.8, 4) is 11.5 Å². The number of hydrogen-bond donors (Lipinski definition) is 1. The van der Waals surface area contributed by atoms with E-state index in [1.165, 1.54) is 12.1 Å². The van der Waals surface area contributed by atoms with E-state index >= 15 is 0 Å². The van der Waals surface area contributed by atoms with Crippen molar-refractivity contribution in [2.24, 2.45) is 0 Å². The largest absolute Gasteiger partial charge is 0.457 e. The van der Waals surface area contributed by atoms with Crippen LogP contribution in [0.4, 0.5) is 11.4 Å². The molecule has 0 aliphatic heterocycles. The zero-order valence-electron chi connectivity index (χ0n) is 10.7. The zero-order chi connectivity index (χ0) is 13.8. The van der Waals surface area contributed by atoms with E-state index in [2.05, 4.69) is 5.32 Å². The number of aryl methyl sites for hydroxylation is 1. The van der Waals surface area contributed by atoms with Gasteiger partial charge < -0.3 is 10.1 Å². The molecule has 0 heterocycles. The summed E-state index contributed by atoms with van der Waals surface area (Å²) >= 11 is 0. The molecule has 2 aromatic rings. The van der Waals surface area contributed by atoms with Gasteiger partial charge in [-0.25, -0.2) is 0 Å². The third-order valence-corrected chi connectivity index (χ3v) is 2.74. The molecule has 0 aliphatic rings. The molecule has 5 heteroatoms. The van der Waals surface area contributed by atoms with E-state index in [-0.39, 0.29) is 5.69 Å². The van der Waals surface area contributed by atoms with Gasteiger partial charge in [-0.05, 0) is 42.8 Å². The van der Waals surface area contributed by atoms with Crippen molar-refractivity contribution in [2.45, 2.75) is 6.92 Å². The number of ether oxygens (including phenoxy) is 1. The normalized spacial score (nSPS) is 10.0. The Balaban J connectivity index is 2.20. The first kappa shape index (κ1) is 12.9. The molecule has 0 bridgehead atoms. The van der Waals surface area contributed by atoms with Crippen molar-refractivity contribution in [2.75, 3.05) is 12.4 Å². The molecule has 0 saturated carbocycles. The first-order valence-corrected chi connectivity index (χ1v) is 5.81. The Morgan fingerprint density at radius 2 is 1.84 bits per heavy atom. The number of nitro groups is 1. The summed E-state index contributed by atoms with van der Waals surface area (Å²) in [6, 6.07) is 12.0. The lowest BCUT2D eigenvalue weighted by molar-refractivity contribution is -0.384. The Morgan fingerprint density at radius 3 is 2.37 bits per heavy atom. The Kier molecular flexibility index (Phi) is 3.66. The third kappa shape index (κ3) is 3.01. The van der Waals surface area contributed by atoms with Crippen LogP contribution in [0.25, 0.3) is 0 Å². The summed E-state index contributed by atoms with van der Waals surface area (Å²) < 4.78 is 5.69. The fraction of sp³-hybridized carbons (Fsp3) is 0.143. The van der Waals surface area contributed by atoms with E-state index in [0.717, 1.165) is 11.3 Å². The maximum absolute atomic E-state index is 10.7. The highest BCUT2D eigenvalue weighted by Gasteiger charge is 2.09. The second-order valence-corrected chi connectivity index (χ2v) is 4.08. The molecule has 0 atom stereocenters. The molecule has 0 aliphatic carbocycles. The van der Waals surface area contributed by atoms with Crippen LogP contribution in [0.5, 0.6) is 11.5 Å². The predicted molar refractivity (Wildman–Crippen MR) is 73.9 cm³/mol. The summed E-state index contributed by atoms with van der Waals surface area (Å²) in [6.45, 7) is 1.78. The quantitative estimate of drug-likeness (QED) is 0.670. The van der Waals surface area contributed by atoms with Gasteiger partial charge in [-0.3, -0.25) is 10.1 Å². The highest BCUT2D eigenvalue weighted by Crippen LogP contribution is 2.28. The average molecular weight is 258 g/mol. The lowest BCUT2D eigenvalue weighted by Crippen LogP contribution is -1.92. The zero-order valence-corrected chi connectivity index (χ0v) is 10.7. The van der Waals surface area contributed by atoms with Crippen molar-refractivity contribution in [1.29, 1.82) is 0 Å². The van der Waals surface area contributed by atoms with E-state index < -0.39 is 4.92 Å². The van der Waals surface area contributed by atoms with Gasteiger partial charge in [-0.2, -0.15) is 0 Å². The molecule has 0 fully saturated rings. The number of non-ortho nitro benzene ring substituents is 1. The molecule has 0 unspecified atom stereocenters. The molecular weight excluding hydrogens is 244 g/mol. The molecule has 19 heavy (non-hydrogen) atoms. The van der Waals surface area contributed by atoms with Gasteiger partial charge in [0.25, 0.3) is 5.69 Å². The van der Waals surface area contributed by atoms with Crippen molar-refractivity contribution < 1.29 is 9.66 Å². The van der Waals surface area contributed by atoms with E-state index in [0.29, 0.717) is 11.5 Å². The molecule has 2 rings (SSSR count). The van der Waals surface area contributed by atoms with Crippen LogP contribution in [0.1, 0.15) is 5.56 Å². The maximum Gasteiger partial charge on any atom is 0.269 e. The average Bonchev–Trinajstić information content (AvgIpc) is 2.41. The van der Waals surface area contributed by atoms with E-state index in [9.17, 15) is 10.1 Å². The lowest BCUT2D eigenvalue weighted by atomic mass is 10.2. The molecule has 5 nitrogen and oxygen atoms in total. The second-order valence-electron chi connectivity index (χ2n) is 4.08. The Hall–Kier alpha value is -2.56. The van der Waals surface area contributed by atoms with Crippen LogP contribution >= 0.6 is 0 Å². The predicted octanol–water partition coefficient (Wildman–Crippen LogP) is 3.74. The summed E-state index contributed by atoms with van der Waals surface area (Å²) in [4.78, 5) is 10.2. The van der Waals surface area contributed by atoms with Gasteiger partial charge in [0, 0.05) is 24.9 Å². The van der Waals surface area contributed by atoms with Crippen LogP contribution in [0, 0.1) is 17.0 Å². The number of anilines is 1. The number of nitrogens with one attached hydrogen (secondary N) is 1. The molecule has 1 N–H and O–H groups in total. The third-order valence-electron chi connectivity index (χ3n) is 2.74. The van der Waals surface area contributed by atoms with Crippen LogP contribution in [-0.2, 0) is 0 Å². The molecule has 2 aromatic carbocycles. The Morgan fingerprint density at radius 1 is 1.16 bits per heavy atom. The van der Waals surface area contributed by atoms with Gasteiger partial charge in [-0.15, -0.1) is 0 Å². The molecule has 0 amide bonds. The van der Waals surface area contributed by atoms with Gasteiger partial charge in [0.05, 0.1) is 4.92 Å². The van der Waals surface area contributed by atoms with Gasteiger partial charge in [0.15, 0.2) is 0 Å². The minimum Gasteiger partial charge on any atom is -0.457 e. The topological polar surface area (TPSA) is 64.4 Å². The fourth-order valence-corrected chi connectivity index (χ4v) is 1.68. The SMILES string of the molecule is CNc1ccc(Oc2ccc([N+](=O)[O-])cc2C)cc1. The number of benzene rings is 2. The van der Waals surface area contributed by atoms with Crippen LogP contribution in [0.3, 0.4) is 0 Å². The summed E-state index contributed by atoms with van der Waals surface area (Å²) in [7, 11) is 1.84. The summed E-state index contributed by atoms with van der Waals surface area (Å²) in [5.74, 6) is 1.30. The molecule has 0 saturated heterocycles. The van der Waals surface area contributed by atoms with Crippen molar-refractivity contribution in [3.05, 3.63) is 58.1 Å². The minimum absolute atomic E-state index is 0.0652. The monoisotopic (exact) mass is 258 g/mol. The maximum atomic E-state index is 10.7. The van der Waals surface area contributed by atoms with Crippen LogP contribution in [-0.4, -0.2) is 12.0 Å². The fourth-order valence-electron chi connectivity index (χ4n) is 1.68. The van der Waals surface area contributed by atoms with E-state index in [4.69, 9.17) is 4.74 Å². The van der Waals surface area contributed by atoms with Crippen molar-refractivity contribution >= 4 is 11.4 Å². The molecule has 0 spiro atoms. The molecular formula is C14H14N2O3. The number of nitrogens with zero attached hydrogens (tertiary/aromatic N) is 1. The van der Waals surface area contributed by atoms with Gasteiger partial charge >= 0.3 is 0 Å². The molecule has 0 aromatic heterocycles. The summed E-state index contributed by atoms with van der Waals surface area (Å²) in [5.41, 5.74) is 1.79. The number of nitro benzene ring substituents is 1. The molecule has 0 radical (unpaired) electrons. The van der Waals surface area contributed by atoms with E-state index in [1.807, 2.05) is 31.3 Å². The van der Waals surface area contributed by atoms with Crippen LogP contribution in [0.2, 0.25) is 0 Å². The van der Waals surface area contributed by atoms with Gasteiger partial charge in [-0.1, -0.05) is 0 Å². The van der Waals surface area contributed by atoms with Gasteiger partial charge in [0.2, 0.25) is 0 Å². The smallest absolute Gasteiger partial charge is 0.269 e. The van der Waals surface area contributed by atoms with Crippen molar-refractivity contribution in [1.82, 2.24) is 0 Å². The Labute approximate surface area is 111 Å². The number of rotatable bonds is 4. The standard InChI is InChI=1S/C14H14N2O3/c1-10-9-12(16(17)18)5-8-14(10)19-13-6-3-11(15-2)4-7-13/h3-9,15H,1-2H3. The number of hydrogen-bond acceptors (Lipinski definition) is 4. The first-order chi connectivity index (χ1) is 9.10. The summed E-state index contributed by atoms with van der Waals surface area (Å²) in [6.07, 6.45) is 0. The Bertz CT molecular complexity index is 594. The van der Waals surface area contributed by atoms with Crippen molar-refractivity contribution in [3.63, 3.8) is 0 Å². The van der Waals surface area contributed by atoms with Crippen LogP contribution < -0.4 is 10.1 Å². The second kappa shape index (κ2) is 5.39. The van der Waals surface area contributed by atoms with Crippen LogP contribution in [0.15, 0.2) is 42.5 Å². The first-order valence-electron chi connectivity index (χ1n) is 5.81. The minimum atomic E-state index is -0.418. The molecule has 98 valence electrons.